The molecule has 0 spiro atoms. The Balaban J connectivity index is 1.70. The summed E-state index contributed by atoms with van der Waals surface area (Å²) in [5.41, 5.74) is 5.91. The van der Waals surface area contributed by atoms with E-state index in [4.69, 9.17) is 10.3 Å². The van der Waals surface area contributed by atoms with Gasteiger partial charge in [0.1, 0.15) is 5.82 Å². The minimum Gasteiger partial charge on any atom is -0.399 e. The summed E-state index contributed by atoms with van der Waals surface area (Å²) >= 11 is 2.84. The lowest BCUT2D eigenvalue weighted by Crippen LogP contribution is -1.89. The van der Waals surface area contributed by atoms with Crippen molar-refractivity contribution >= 4 is 28.8 Å². The van der Waals surface area contributed by atoms with E-state index in [1.54, 1.807) is 12.1 Å². The van der Waals surface area contributed by atoms with Crippen LogP contribution in [0.15, 0.2) is 45.1 Å². The summed E-state index contributed by atoms with van der Waals surface area (Å²) in [6.45, 7) is 0. The van der Waals surface area contributed by atoms with E-state index < -0.39 is 0 Å². The first-order chi connectivity index (χ1) is 9.72. The Hall–Kier alpha value is -1.86. The first-order valence-corrected chi connectivity index (χ1v) is 7.63. The fourth-order valence-electron chi connectivity index (χ4n) is 1.59. The summed E-state index contributed by atoms with van der Waals surface area (Å²) in [4.78, 5) is 5.72. The zero-order valence-electron chi connectivity index (χ0n) is 10.2. The zero-order valence-corrected chi connectivity index (χ0v) is 11.9. The molecule has 1 aromatic carbocycles. The van der Waals surface area contributed by atoms with Gasteiger partial charge in [-0.25, -0.2) is 4.39 Å². The predicted octanol–water partition coefficient (Wildman–Crippen LogP) is 3.81. The molecule has 2 N–H and O–H groups in total. The molecular weight excluding hydrogens is 297 g/mol. The van der Waals surface area contributed by atoms with Crippen molar-refractivity contribution in [3.63, 3.8) is 0 Å². The molecule has 2 aromatic heterocycles. The number of thioether (sulfide) groups is 1. The minimum absolute atomic E-state index is 0.336. The van der Waals surface area contributed by atoms with Gasteiger partial charge in [-0.15, -0.1) is 23.1 Å². The van der Waals surface area contributed by atoms with Gasteiger partial charge < -0.3 is 10.3 Å². The second-order valence-electron chi connectivity index (χ2n) is 3.97. The lowest BCUT2D eigenvalue weighted by molar-refractivity contribution is 0.426. The highest BCUT2D eigenvalue weighted by Gasteiger charge is 2.11. The molecule has 0 aliphatic heterocycles. The average Bonchev–Trinajstić information content (AvgIpc) is 3.08. The number of rotatable bonds is 4. The maximum absolute atomic E-state index is 13.6. The van der Waals surface area contributed by atoms with E-state index in [0.29, 0.717) is 28.1 Å². The third-order valence-electron chi connectivity index (χ3n) is 2.51. The molecule has 0 radical (unpaired) electrons. The molecule has 0 saturated heterocycles. The summed E-state index contributed by atoms with van der Waals surface area (Å²) < 4.78 is 18.8. The van der Waals surface area contributed by atoms with E-state index in [1.807, 2.05) is 17.5 Å². The normalized spacial score (nSPS) is 10.8. The molecular formula is C13H10FN3OS2. The van der Waals surface area contributed by atoms with E-state index >= 15 is 0 Å². The van der Waals surface area contributed by atoms with Crippen LogP contribution in [0.5, 0.6) is 0 Å². The van der Waals surface area contributed by atoms with Crippen molar-refractivity contribution in [1.29, 1.82) is 0 Å². The van der Waals surface area contributed by atoms with Crippen LogP contribution < -0.4 is 5.73 Å². The van der Waals surface area contributed by atoms with Gasteiger partial charge in [0.2, 0.25) is 0 Å². The zero-order chi connectivity index (χ0) is 13.9. The lowest BCUT2D eigenvalue weighted by atomic mass is 10.3. The van der Waals surface area contributed by atoms with Gasteiger partial charge in [-0.3, -0.25) is 0 Å². The number of anilines is 1. The van der Waals surface area contributed by atoms with Crippen LogP contribution in [0.3, 0.4) is 0 Å². The number of nitrogens with two attached hydrogens (primary N) is 1. The molecule has 0 atom stereocenters. The monoisotopic (exact) mass is 307 g/mol. The smallest absolute Gasteiger partial charge is 0.268 e. The maximum atomic E-state index is 13.6. The second-order valence-corrected chi connectivity index (χ2v) is 5.94. The molecule has 3 rings (SSSR count). The SMILES string of the molecule is Nc1ccc(SCc2noc(-c3cccs3)n2)c(F)c1. The quantitative estimate of drug-likeness (QED) is 0.586. The molecule has 0 fully saturated rings. The van der Waals surface area contributed by atoms with Crippen LogP contribution in [0.2, 0.25) is 0 Å². The van der Waals surface area contributed by atoms with E-state index in [1.165, 1.54) is 29.2 Å². The first kappa shape index (κ1) is 13.1. The van der Waals surface area contributed by atoms with Gasteiger partial charge in [0, 0.05) is 10.6 Å². The number of aromatic nitrogens is 2. The lowest BCUT2D eigenvalue weighted by Gasteiger charge is -2.01. The van der Waals surface area contributed by atoms with Gasteiger partial charge in [-0.2, -0.15) is 4.98 Å². The summed E-state index contributed by atoms with van der Waals surface area (Å²) in [7, 11) is 0. The van der Waals surface area contributed by atoms with Crippen LogP contribution >= 0.6 is 23.1 Å². The highest BCUT2D eigenvalue weighted by molar-refractivity contribution is 7.98. The van der Waals surface area contributed by atoms with Crippen molar-refractivity contribution in [3.8, 4) is 10.8 Å². The number of nitrogen functional groups attached to an aromatic ring is 1. The molecule has 4 nitrogen and oxygen atoms in total. The van der Waals surface area contributed by atoms with Crippen molar-refractivity contribution in [1.82, 2.24) is 10.1 Å². The highest BCUT2D eigenvalue weighted by Crippen LogP contribution is 2.27. The van der Waals surface area contributed by atoms with Crippen LogP contribution in [0.4, 0.5) is 10.1 Å². The highest BCUT2D eigenvalue weighted by atomic mass is 32.2. The molecule has 3 aromatic rings. The molecule has 0 aliphatic rings. The molecule has 102 valence electrons. The Morgan fingerprint density at radius 2 is 2.25 bits per heavy atom. The predicted molar refractivity (Wildman–Crippen MR) is 78.0 cm³/mol. The molecule has 0 bridgehead atoms. The van der Waals surface area contributed by atoms with E-state index in [0.717, 1.165) is 4.88 Å². The first-order valence-electron chi connectivity index (χ1n) is 5.76. The van der Waals surface area contributed by atoms with Gasteiger partial charge in [-0.05, 0) is 29.6 Å². The average molecular weight is 307 g/mol. The summed E-state index contributed by atoms with van der Waals surface area (Å²) in [5, 5.41) is 5.83. The molecule has 7 heteroatoms. The van der Waals surface area contributed by atoms with Crippen molar-refractivity contribution in [2.24, 2.45) is 0 Å². The largest absolute Gasteiger partial charge is 0.399 e. The van der Waals surface area contributed by atoms with E-state index in [-0.39, 0.29) is 5.82 Å². The van der Waals surface area contributed by atoms with Gasteiger partial charge in [-0.1, -0.05) is 11.2 Å². The van der Waals surface area contributed by atoms with Crippen LogP contribution in [0.25, 0.3) is 10.8 Å². The summed E-state index contributed by atoms with van der Waals surface area (Å²) in [6.07, 6.45) is 0. The number of hydrogen-bond donors (Lipinski definition) is 1. The third kappa shape index (κ3) is 2.83. The number of nitrogens with zero attached hydrogens (tertiary/aromatic N) is 2. The Bertz CT molecular complexity index is 712. The topological polar surface area (TPSA) is 64.9 Å². The Labute approximate surface area is 122 Å². The Morgan fingerprint density at radius 1 is 1.35 bits per heavy atom. The third-order valence-corrected chi connectivity index (χ3v) is 4.42. The van der Waals surface area contributed by atoms with E-state index in [2.05, 4.69) is 10.1 Å². The number of thiophene rings is 1. The van der Waals surface area contributed by atoms with Gasteiger partial charge >= 0.3 is 0 Å². The number of hydrogen-bond acceptors (Lipinski definition) is 6. The van der Waals surface area contributed by atoms with Crippen molar-refractivity contribution in [2.75, 3.05) is 5.73 Å². The molecule has 0 saturated carbocycles. The van der Waals surface area contributed by atoms with Crippen molar-refractivity contribution in [3.05, 3.63) is 47.4 Å². The van der Waals surface area contributed by atoms with Crippen molar-refractivity contribution < 1.29 is 8.91 Å². The molecule has 0 unspecified atom stereocenters. The maximum Gasteiger partial charge on any atom is 0.268 e. The van der Waals surface area contributed by atoms with Crippen LogP contribution in [0, 0.1) is 5.82 Å². The molecule has 2 heterocycles. The fraction of sp³-hybridized carbons (Fsp3) is 0.0769. The van der Waals surface area contributed by atoms with Crippen LogP contribution in [-0.2, 0) is 5.75 Å². The standard InChI is InChI=1S/C13H10FN3OS2/c14-9-6-8(15)3-4-10(9)20-7-12-16-13(18-17-12)11-2-1-5-19-11/h1-6H,7,15H2. The molecule has 0 aliphatic carbocycles. The summed E-state index contributed by atoms with van der Waals surface area (Å²) in [5.74, 6) is 1.13. The fourth-order valence-corrected chi connectivity index (χ4v) is 3.00. The second kappa shape index (κ2) is 5.64. The molecule has 0 amide bonds. The summed E-state index contributed by atoms with van der Waals surface area (Å²) in [6, 6.07) is 8.45. The van der Waals surface area contributed by atoms with Gasteiger partial charge in [0.25, 0.3) is 5.89 Å². The number of benzene rings is 1. The van der Waals surface area contributed by atoms with Crippen molar-refractivity contribution in [2.45, 2.75) is 10.6 Å². The molecule has 20 heavy (non-hydrogen) atoms. The Morgan fingerprint density at radius 3 is 3.00 bits per heavy atom. The Kier molecular flexibility index (Phi) is 3.70. The van der Waals surface area contributed by atoms with Gasteiger partial charge in [0.15, 0.2) is 5.82 Å². The number of halogens is 1. The minimum atomic E-state index is -0.336. The van der Waals surface area contributed by atoms with Gasteiger partial charge in [0.05, 0.1) is 10.6 Å². The van der Waals surface area contributed by atoms with Crippen LogP contribution in [0.1, 0.15) is 5.82 Å². The van der Waals surface area contributed by atoms with Crippen LogP contribution in [-0.4, -0.2) is 10.1 Å². The van der Waals surface area contributed by atoms with E-state index in [9.17, 15) is 4.39 Å².